The maximum atomic E-state index is 11.9. The van der Waals surface area contributed by atoms with Crippen molar-refractivity contribution in [2.45, 2.75) is 50.7 Å². The lowest BCUT2D eigenvalue weighted by Gasteiger charge is -2.13. The molecule has 2 heterocycles. The minimum atomic E-state index is -0.300. The van der Waals surface area contributed by atoms with Crippen LogP contribution in [0.1, 0.15) is 38.5 Å². The average Bonchev–Trinajstić information content (AvgIpc) is 3.13. The summed E-state index contributed by atoms with van der Waals surface area (Å²) in [7, 11) is 0. The van der Waals surface area contributed by atoms with Crippen LogP contribution in [-0.2, 0) is 9.53 Å². The van der Waals surface area contributed by atoms with E-state index in [2.05, 4.69) is 15.6 Å². The quantitative estimate of drug-likeness (QED) is 0.886. The topological polar surface area (TPSA) is 63.2 Å². The molecule has 1 aliphatic heterocycles. The van der Waals surface area contributed by atoms with Crippen LogP contribution >= 0.6 is 0 Å². The van der Waals surface area contributed by atoms with Gasteiger partial charge < -0.3 is 15.4 Å². The molecule has 1 amide bonds. The fourth-order valence-corrected chi connectivity index (χ4v) is 2.84. The van der Waals surface area contributed by atoms with E-state index >= 15 is 0 Å². The van der Waals surface area contributed by atoms with E-state index < -0.39 is 0 Å². The molecule has 1 unspecified atom stereocenters. The number of hydrogen-bond donors (Lipinski definition) is 2. The zero-order valence-electron chi connectivity index (χ0n) is 11.6. The SMILES string of the molecule is O=C(Nc1ccc(NC2CCCC2)nc1)C1CCCO1. The van der Waals surface area contributed by atoms with Crippen molar-refractivity contribution in [3.63, 3.8) is 0 Å². The molecule has 0 aromatic carbocycles. The molecule has 3 rings (SSSR count). The molecule has 0 radical (unpaired) electrons. The molecule has 5 heteroatoms. The van der Waals surface area contributed by atoms with Crippen molar-refractivity contribution in [3.8, 4) is 0 Å². The number of carbonyl (C=O) groups excluding carboxylic acids is 1. The molecule has 1 aromatic heterocycles. The predicted molar refractivity (Wildman–Crippen MR) is 77.7 cm³/mol. The van der Waals surface area contributed by atoms with Crippen molar-refractivity contribution < 1.29 is 9.53 Å². The second-order valence-electron chi connectivity index (χ2n) is 5.55. The van der Waals surface area contributed by atoms with Crippen LogP contribution in [0.4, 0.5) is 11.5 Å². The van der Waals surface area contributed by atoms with Crippen LogP contribution in [0.3, 0.4) is 0 Å². The molecular formula is C15H21N3O2. The Balaban J connectivity index is 1.53. The molecule has 2 N–H and O–H groups in total. The Bertz CT molecular complexity index is 449. The minimum Gasteiger partial charge on any atom is -0.368 e. The van der Waals surface area contributed by atoms with Gasteiger partial charge in [-0.05, 0) is 37.8 Å². The summed E-state index contributed by atoms with van der Waals surface area (Å²) in [5.41, 5.74) is 0.725. The van der Waals surface area contributed by atoms with Gasteiger partial charge in [-0.1, -0.05) is 12.8 Å². The Labute approximate surface area is 119 Å². The van der Waals surface area contributed by atoms with E-state index in [4.69, 9.17) is 4.74 Å². The summed E-state index contributed by atoms with van der Waals surface area (Å²) >= 11 is 0. The lowest BCUT2D eigenvalue weighted by atomic mass is 10.2. The summed E-state index contributed by atoms with van der Waals surface area (Å²) < 4.78 is 5.35. The first-order valence-corrected chi connectivity index (χ1v) is 7.46. The van der Waals surface area contributed by atoms with Crippen molar-refractivity contribution in [2.24, 2.45) is 0 Å². The first kappa shape index (κ1) is 13.4. The molecule has 0 bridgehead atoms. The lowest BCUT2D eigenvalue weighted by molar-refractivity contribution is -0.124. The van der Waals surface area contributed by atoms with E-state index in [1.54, 1.807) is 6.20 Å². The Kier molecular flexibility index (Phi) is 4.16. The Morgan fingerprint density at radius 2 is 2.05 bits per heavy atom. The van der Waals surface area contributed by atoms with Crippen LogP contribution < -0.4 is 10.6 Å². The van der Waals surface area contributed by atoms with Gasteiger partial charge in [0.2, 0.25) is 0 Å². The Morgan fingerprint density at radius 1 is 1.20 bits per heavy atom. The lowest BCUT2D eigenvalue weighted by Crippen LogP contribution is -2.26. The van der Waals surface area contributed by atoms with Crippen molar-refractivity contribution in [1.82, 2.24) is 4.98 Å². The number of pyridine rings is 1. The maximum Gasteiger partial charge on any atom is 0.253 e. The number of anilines is 2. The highest BCUT2D eigenvalue weighted by Crippen LogP contribution is 2.22. The molecule has 2 fully saturated rings. The smallest absolute Gasteiger partial charge is 0.253 e. The number of amides is 1. The third-order valence-corrected chi connectivity index (χ3v) is 3.96. The zero-order valence-corrected chi connectivity index (χ0v) is 11.6. The highest BCUT2D eigenvalue weighted by atomic mass is 16.5. The summed E-state index contributed by atoms with van der Waals surface area (Å²) in [6.45, 7) is 0.681. The van der Waals surface area contributed by atoms with E-state index in [0.717, 1.165) is 24.3 Å². The highest BCUT2D eigenvalue weighted by Gasteiger charge is 2.23. The zero-order chi connectivity index (χ0) is 13.8. The van der Waals surface area contributed by atoms with Gasteiger partial charge in [0.05, 0.1) is 11.9 Å². The third kappa shape index (κ3) is 3.28. The standard InChI is InChI=1S/C15H21N3O2/c19-15(13-6-3-9-20-13)18-12-7-8-14(16-10-12)17-11-4-1-2-5-11/h7-8,10-11,13H,1-6,9H2,(H,16,17)(H,18,19). The largest absolute Gasteiger partial charge is 0.368 e. The Hall–Kier alpha value is -1.62. The molecule has 108 valence electrons. The van der Waals surface area contributed by atoms with Crippen LogP contribution in [0.2, 0.25) is 0 Å². The predicted octanol–water partition coefficient (Wildman–Crippen LogP) is 2.55. The monoisotopic (exact) mass is 275 g/mol. The van der Waals surface area contributed by atoms with Crippen molar-refractivity contribution in [1.29, 1.82) is 0 Å². The number of rotatable bonds is 4. The number of hydrogen-bond acceptors (Lipinski definition) is 4. The molecule has 0 spiro atoms. The van der Waals surface area contributed by atoms with Gasteiger partial charge in [0.25, 0.3) is 5.91 Å². The summed E-state index contributed by atoms with van der Waals surface area (Å²) in [4.78, 5) is 16.3. The summed E-state index contributed by atoms with van der Waals surface area (Å²) in [5.74, 6) is 0.813. The average molecular weight is 275 g/mol. The summed E-state index contributed by atoms with van der Waals surface area (Å²) in [6.07, 6.45) is 8.20. The van der Waals surface area contributed by atoms with Crippen molar-refractivity contribution >= 4 is 17.4 Å². The van der Waals surface area contributed by atoms with E-state index in [9.17, 15) is 4.79 Å². The Morgan fingerprint density at radius 3 is 2.70 bits per heavy atom. The van der Waals surface area contributed by atoms with Crippen molar-refractivity contribution in [2.75, 3.05) is 17.2 Å². The molecule has 5 nitrogen and oxygen atoms in total. The third-order valence-electron chi connectivity index (χ3n) is 3.96. The summed E-state index contributed by atoms with van der Waals surface area (Å²) in [5, 5.41) is 6.28. The van der Waals surface area contributed by atoms with Crippen molar-refractivity contribution in [3.05, 3.63) is 18.3 Å². The molecule has 20 heavy (non-hydrogen) atoms. The highest BCUT2D eigenvalue weighted by molar-refractivity contribution is 5.94. The second-order valence-corrected chi connectivity index (χ2v) is 5.55. The molecule has 1 saturated carbocycles. The molecule has 1 saturated heterocycles. The number of nitrogens with one attached hydrogen (secondary N) is 2. The van der Waals surface area contributed by atoms with Gasteiger partial charge in [0, 0.05) is 12.6 Å². The van der Waals surface area contributed by atoms with Gasteiger partial charge in [-0.2, -0.15) is 0 Å². The van der Waals surface area contributed by atoms with Gasteiger partial charge in [-0.3, -0.25) is 4.79 Å². The molecule has 1 aromatic rings. The normalized spacial score (nSPS) is 22.9. The number of ether oxygens (including phenoxy) is 1. The van der Waals surface area contributed by atoms with Crippen LogP contribution in [0.25, 0.3) is 0 Å². The van der Waals surface area contributed by atoms with E-state index in [-0.39, 0.29) is 12.0 Å². The fraction of sp³-hybridized carbons (Fsp3) is 0.600. The molecule has 1 atom stereocenters. The summed E-state index contributed by atoms with van der Waals surface area (Å²) in [6, 6.07) is 4.36. The van der Waals surface area contributed by atoms with Gasteiger partial charge >= 0.3 is 0 Å². The van der Waals surface area contributed by atoms with Gasteiger partial charge in [-0.15, -0.1) is 0 Å². The molecular weight excluding hydrogens is 254 g/mol. The van der Waals surface area contributed by atoms with E-state index in [1.165, 1.54) is 25.7 Å². The number of nitrogens with zero attached hydrogens (tertiary/aromatic N) is 1. The van der Waals surface area contributed by atoms with Crippen LogP contribution in [0.5, 0.6) is 0 Å². The first-order valence-electron chi connectivity index (χ1n) is 7.46. The first-order chi connectivity index (χ1) is 9.81. The molecule has 1 aliphatic carbocycles. The van der Waals surface area contributed by atoms with Crippen LogP contribution in [0.15, 0.2) is 18.3 Å². The minimum absolute atomic E-state index is 0.0687. The molecule has 2 aliphatic rings. The van der Waals surface area contributed by atoms with Crippen LogP contribution in [0, 0.1) is 0 Å². The van der Waals surface area contributed by atoms with Crippen LogP contribution in [-0.4, -0.2) is 29.6 Å². The fourth-order valence-electron chi connectivity index (χ4n) is 2.84. The maximum absolute atomic E-state index is 11.9. The number of carbonyl (C=O) groups is 1. The van der Waals surface area contributed by atoms with E-state index in [0.29, 0.717) is 12.6 Å². The second kappa shape index (κ2) is 6.22. The van der Waals surface area contributed by atoms with Gasteiger partial charge in [0.1, 0.15) is 11.9 Å². The van der Waals surface area contributed by atoms with Gasteiger partial charge in [0.15, 0.2) is 0 Å². The van der Waals surface area contributed by atoms with Gasteiger partial charge in [-0.25, -0.2) is 4.98 Å². The van der Waals surface area contributed by atoms with E-state index in [1.807, 2.05) is 12.1 Å². The number of aromatic nitrogens is 1.